The van der Waals surface area contributed by atoms with Crippen molar-refractivity contribution in [2.24, 2.45) is 0 Å². The van der Waals surface area contributed by atoms with Crippen molar-refractivity contribution in [2.45, 2.75) is 65.7 Å². The van der Waals surface area contributed by atoms with Crippen LogP contribution in [0.4, 0.5) is 0 Å². The molecule has 5 heterocycles. The van der Waals surface area contributed by atoms with Gasteiger partial charge in [-0.15, -0.1) is 35.0 Å². The number of rotatable bonds is 4. The van der Waals surface area contributed by atoms with Gasteiger partial charge in [0.1, 0.15) is 5.82 Å². The van der Waals surface area contributed by atoms with E-state index in [-0.39, 0.29) is 32.4 Å². The first-order valence-electron chi connectivity index (χ1n) is 20.2. The summed E-state index contributed by atoms with van der Waals surface area (Å²) >= 11 is 0. The molecule has 58 heavy (non-hydrogen) atoms. The topological polar surface area (TPSA) is 38.4 Å². The fraction of sp³-hybridized carbons (Fsp3) is 0.216. The van der Waals surface area contributed by atoms with E-state index >= 15 is 0 Å². The number of aromatic nitrogens is 4. The fourth-order valence-corrected chi connectivity index (χ4v) is 8.81. The molecule has 0 aliphatic carbocycles. The number of imidazole rings is 1. The molecule has 0 bridgehead atoms. The number of para-hydroxylation sites is 3. The molecule has 1 aliphatic rings. The van der Waals surface area contributed by atoms with Gasteiger partial charge in [0.15, 0.2) is 0 Å². The Bertz CT molecular complexity index is 2920. The summed E-state index contributed by atoms with van der Waals surface area (Å²) in [5.41, 5.74) is 12.3. The molecule has 1 radical (unpaired) electrons. The van der Waals surface area contributed by atoms with Gasteiger partial charge < -0.3 is 13.8 Å². The van der Waals surface area contributed by atoms with Crippen LogP contribution in [0.5, 0.6) is 0 Å². The number of pyridine rings is 2. The van der Waals surface area contributed by atoms with Crippen molar-refractivity contribution in [1.29, 1.82) is 0 Å². The van der Waals surface area contributed by atoms with E-state index in [1.807, 2.05) is 24.4 Å². The van der Waals surface area contributed by atoms with Crippen molar-refractivity contribution in [2.75, 3.05) is 7.05 Å². The second-order valence-corrected chi connectivity index (χ2v) is 17.0. The van der Waals surface area contributed by atoms with Gasteiger partial charge in [-0.05, 0) is 93.8 Å². The Labute approximate surface area is 355 Å². The van der Waals surface area contributed by atoms with Crippen LogP contribution in [0.15, 0.2) is 128 Å². The second-order valence-electron chi connectivity index (χ2n) is 17.0. The van der Waals surface area contributed by atoms with Crippen molar-refractivity contribution < 1.29 is 20.1 Å². The van der Waals surface area contributed by atoms with E-state index < -0.39 is 0 Å². The van der Waals surface area contributed by atoms with Gasteiger partial charge in [-0.3, -0.25) is 4.98 Å². The zero-order chi connectivity index (χ0) is 39.6. The van der Waals surface area contributed by atoms with Crippen LogP contribution in [0.1, 0.15) is 82.7 Å². The van der Waals surface area contributed by atoms with Crippen molar-refractivity contribution in [1.82, 2.24) is 23.7 Å². The zero-order valence-electron chi connectivity index (χ0n) is 34.5. The van der Waals surface area contributed by atoms with Crippen LogP contribution in [0.2, 0.25) is 0 Å². The van der Waals surface area contributed by atoms with E-state index in [2.05, 4.69) is 196 Å². The van der Waals surface area contributed by atoms with E-state index in [0.717, 1.165) is 28.1 Å². The van der Waals surface area contributed by atoms with E-state index in [1.54, 1.807) is 0 Å². The Balaban J connectivity index is 0.000000171. The van der Waals surface area contributed by atoms with Gasteiger partial charge >= 0.3 is 6.85 Å². The van der Waals surface area contributed by atoms with Crippen molar-refractivity contribution >= 4 is 73.1 Å². The minimum atomic E-state index is 0. The van der Waals surface area contributed by atoms with Crippen LogP contribution in [0.25, 0.3) is 61.0 Å². The number of benzene rings is 5. The molecule has 0 unspecified atom stereocenters. The van der Waals surface area contributed by atoms with Gasteiger partial charge in [-0.1, -0.05) is 114 Å². The van der Waals surface area contributed by atoms with Crippen LogP contribution in [-0.4, -0.2) is 37.6 Å². The second kappa shape index (κ2) is 15.4. The van der Waals surface area contributed by atoms with Crippen molar-refractivity contribution in [3.63, 3.8) is 0 Å². The molecular formula is C51H48BIrN5-2. The monoisotopic (exact) mass is 934 g/mol. The first kappa shape index (κ1) is 39.3. The number of hydrogen-bond acceptors (Lipinski definition) is 3. The maximum Gasteiger partial charge on any atom is 0.343 e. The average Bonchev–Trinajstić information content (AvgIpc) is 3.77. The molecule has 0 amide bonds. The fourth-order valence-electron chi connectivity index (χ4n) is 8.81. The average molecular weight is 934 g/mol. The summed E-state index contributed by atoms with van der Waals surface area (Å²) in [5.74, 6) is 1.81. The Hall–Kier alpha value is -5.49. The third-order valence-electron chi connectivity index (χ3n) is 11.6. The molecule has 4 aromatic heterocycles. The van der Waals surface area contributed by atoms with Gasteiger partial charge in [0, 0.05) is 42.9 Å². The molecule has 0 saturated carbocycles. The van der Waals surface area contributed by atoms with Crippen LogP contribution in [0, 0.1) is 12.1 Å². The molecule has 0 fully saturated rings. The summed E-state index contributed by atoms with van der Waals surface area (Å²) in [6.07, 6.45) is 6.25. The third kappa shape index (κ3) is 6.55. The minimum absolute atomic E-state index is 0. The van der Waals surface area contributed by atoms with E-state index in [4.69, 9.17) is 4.98 Å². The van der Waals surface area contributed by atoms with Gasteiger partial charge in [0.25, 0.3) is 0 Å². The van der Waals surface area contributed by atoms with E-state index in [1.165, 1.54) is 60.3 Å². The number of fused-ring (bicyclic) bond motifs is 11. The van der Waals surface area contributed by atoms with E-state index in [9.17, 15) is 0 Å². The molecule has 10 rings (SSSR count). The Morgan fingerprint density at radius 2 is 1.31 bits per heavy atom. The summed E-state index contributed by atoms with van der Waals surface area (Å²) in [7, 11) is 2.19. The predicted molar refractivity (Wildman–Crippen MR) is 242 cm³/mol. The molecule has 0 saturated heterocycles. The standard InChI is InChI=1S/C30H29BN3.C21H19N2.Ir/c1-19(2)21-14-10-15-22(20(3)4)28(21)31-29-26(17-18-33(31)5)32-30-25-13-7-6-11-23(25)24-12-8-9-16-27(24)34(29)30;1-21(2,3)15-12-13-22-20(14-15)23-18-10-6-4-8-16(18)17-9-5-7-11-19(17)23;/h6-12,14-20H,1-5H3;4-10,12-14H,1-3H3;/q2*-1;. The van der Waals surface area contributed by atoms with Gasteiger partial charge in [0.05, 0.1) is 11.3 Å². The Morgan fingerprint density at radius 3 is 2.00 bits per heavy atom. The van der Waals surface area contributed by atoms with E-state index in [0.29, 0.717) is 11.8 Å². The molecule has 0 atom stereocenters. The molecule has 7 heteroatoms. The van der Waals surface area contributed by atoms with Gasteiger partial charge in [-0.25, -0.2) is 4.98 Å². The molecule has 1 aliphatic heterocycles. The van der Waals surface area contributed by atoms with Crippen LogP contribution in [0.3, 0.4) is 0 Å². The van der Waals surface area contributed by atoms with Gasteiger partial charge in [0.2, 0.25) is 0 Å². The normalized spacial score (nSPS) is 12.9. The maximum absolute atomic E-state index is 5.21. The first-order chi connectivity index (χ1) is 27.5. The quantitative estimate of drug-likeness (QED) is 0.100. The summed E-state index contributed by atoms with van der Waals surface area (Å²) < 4.78 is 4.61. The summed E-state index contributed by atoms with van der Waals surface area (Å²) in [5, 5.41) is 5.96. The Kier molecular flexibility index (Phi) is 10.4. The first-order valence-corrected chi connectivity index (χ1v) is 20.2. The number of hydrogen-bond donors (Lipinski definition) is 0. The molecule has 0 spiro atoms. The molecular weight excluding hydrogens is 886 g/mol. The summed E-state index contributed by atoms with van der Waals surface area (Å²) in [6, 6.07) is 47.6. The summed E-state index contributed by atoms with van der Waals surface area (Å²) in [4.78, 5) is 12.2. The van der Waals surface area contributed by atoms with Crippen molar-refractivity contribution in [3.8, 4) is 5.82 Å². The summed E-state index contributed by atoms with van der Waals surface area (Å²) in [6.45, 7) is 16.0. The zero-order valence-corrected chi connectivity index (χ0v) is 36.9. The molecule has 9 aromatic rings. The van der Waals surface area contributed by atoms with Crippen molar-refractivity contribution in [3.05, 3.63) is 162 Å². The minimum Gasteiger partial charge on any atom is -0.414 e. The van der Waals surface area contributed by atoms with Gasteiger partial charge in [-0.2, -0.15) is 24.3 Å². The molecule has 5 nitrogen and oxygen atoms in total. The Morgan fingerprint density at radius 1 is 0.690 bits per heavy atom. The molecule has 0 N–H and O–H groups in total. The molecule has 5 aromatic carbocycles. The van der Waals surface area contributed by atoms with Crippen LogP contribution < -0.4 is 11.1 Å². The smallest absolute Gasteiger partial charge is 0.343 e. The number of nitrogens with zero attached hydrogens (tertiary/aromatic N) is 5. The third-order valence-corrected chi connectivity index (χ3v) is 11.6. The van der Waals surface area contributed by atoms with Crippen LogP contribution >= 0.6 is 0 Å². The van der Waals surface area contributed by atoms with Crippen LogP contribution in [-0.2, 0) is 25.5 Å². The molecule has 291 valence electrons. The SMILES string of the molecule is CC(C)(C)c1ccnc(-n2c3[c-]cccc3c3ccccc32)c1.CC(C)c1cccc(C(C)C)c1B1c2c(nc3c4[c-]cccc4c4ccccc4n23)C=CN1C.[Ir]. The predicted octanol–water partition coefficient (Wildman–Crippen LogP) is 11.0. The maximum atomic E-state index is 5.21. The largest absolute Gasteiger partial charge is 0.414 e.